The van der Waals surface area contributed by atoms with Gasteiger partial charge in [-0.3, -0.25) is 24.6 Å². The normalized spacial score (nSPS) is 16.5. The van der Waals surface area contributed by atoms with E-state index in [1.807, 2.05) is 54.6 Å². The van der Waals surface area contributed by atoms with E-state index in [-0.39, 0.29) is 35.7 Å². The van der Waals surface area contributed by atoms with Gasteiger partial charge in [0.25, 0.3) is 11.5 Å². The van der Waals surface area contributed by atoms with E-state index in [0.717, 1.165) is 36.1 Å². The number of rotatable bonds is 6. The zero-order valence-corrected chi connectivity index (χ0v) is 17.5. The van der Waals surface area contributed by atoms with E-state index in [1.54, 1.807) is 9.80 Å². The minimum Gasteiger partial charge on any atom is -0.323 e. The maximum atomic E-state index is 13.1. The Morgan fingerprint density at radius 1 is 1.00 bits per heavy atom. The minimum atomic E-state index is -0.365. The highest BCUT2D eigenvalue weighted by molar-refractivity contribution is 6.01. The Morgan fingerprint density at radius 2 is 1.77 bits per heavy atom. The van der Waals surface area contributed by atoms with E-state index in [0.29, 0.717) is 6.54 Å². The Kier molecular flexibility index (Phi) is 6.02. The average molecular weight is 418 g/mol. The van der Waals surface area contributed by atoms with Crippen molar-refractivity contribution in [3.05, 3.63) is 76.7 Å². The van der Waals surface area contributed by atoms with Crippen LogP contribution >= 0.6 is 0 Å². The van der Waals surface area contributed by atoms with E-state index in [2.05, 4.69) is 17.1 Å². The number of nitrogens with zero attached hydrogens (tertiary/aromatic N) is 2. The van der Waals surface area contributed by atoms with E-state index in [9.17, 15) is 14.4 Å². The van der Waals surface area contributed by atoms with Crippen molar-refractivity contribution in [3.63, 3.8) is 0 Å². The van der Waals surface area contributed by atoms with Gasteiger partial charge in [0, 0.05) is 18.3 Å². The molecule has 1 aliphatic heterocycles. The van der Waals surface area contributed by atoms with Crippen molar-refractivity contribution in [2.75, 3.05) is 18.0 Å². The molecule has 0 saturated carbocycles. The molecule has 4 rings (SSSR count). The standard InChI is InChI=1S/C24H26N4O3/c1-2-3-11-20-15-27(19-12-7-10-18(13-19)17-8-5-4-6-9-17)23(30)16-28(20)24(31)21-14-22(29)26-25-21/h4-10,12-14,20H,2-3,11,15-16H2,1H3,(H2,25,26,29)/t20-/m0/s1. The number of carbonyl (C=O) groups is 2. The van der Waals surface area contributed by atoms with E-state index >= 15 is 0 Å². The third-order valence-corrected chi connectivity index (χ3v) is 5.68. The summed E-state index contributed by atoms with van der Waals surface area (Å²) in [6.45, 7) is 2.51. The van der Waals surface area contributed by atoms with Gasteiger partial charge in [0.2, 0.25) is 5.91 Å². The molecule has 1 aliphatic rings. The SMILES string of the molecule is CCCC[C@H]1CN(c2cccc(-c3ccccc3)c2)C(=O)CN1C(=O)c1cc(=O)[nH][nH]1. The lowest BCUT2D eigenvalue weighted by molar-refractivity contribution is -0.121. The smallest absolute Gasteiger partial charge is 0.272 e. The molecular weight excluding hydrogens is 392 g/mol. The molecule has 0 unspecified atom stereocenters. The molecule has 2 amide bonds. The maximum Gasteiger partial charge on any atom is 0.272 e. The van der Waals surface area contributed by atoms with Gasteiger partial charge < -0.3 is 9.80 Å². The first-order valence-electron chi connectivity index (χ1n) is 10.6. The monoisotopic (exact) mass is 418 g/mol. The second-order valence-electron chi connectivity index (χ2n) is 7.82. The quantitative estimate of drug-likeness (QED) is 0.643. The molecule has 0 bridgehead atoms. The summed E-state index contributed by atoms with van der Waals surface area (Å²) in [6.07, 6.45) is 2.74. The van der Waals surface area contributed by atoms with Crippen molar-refractivity contribution in [3.8, 4) is 11.1 Å². The Morgan fingerprint density at radius 3 is 2.48 bits per heavy atom. The lowest BCUT2D eigenvalue weighted by Gasteiger charge is -2.41. The molecule has 3 aromatic rings. The molecule has 2 heterocycles. The minimum absolute atomic E-state index is 0.0179. The van der Waals surface area contributed by atoms with Gasteiger partial charge in [-0.15, -0.1) is 0 Å². The highest BCUT2D eigenvalue weighted by Crippen LogP contribution is 2.28. The van der Waals surface area contributed by atoms with Crippen LogP contribution in [-0.2, 0) is 4.79 Å². The van der Waals surface area contributed by atoms with Gasteiger partial charge in [-0.2, -0.15) is 0 Å². The second-order valence-corrected chi connectivity index (χ2v) is 7.82. The Bertz CT molecular complexity index is 1120. The summed E-state index contributed by atoms with van der Waals surface area (Å²) in [6, 6.07) is 19.1. The van der Waals surface area contributed by atoms with Crippen LogP contribution in [0.3, 0.4) is 0 Å². The maximum absolute atomic E-state index is 13.1. The Labute approximate surface area is 180 Å². The molecule has 0 spiro atoms. The van der Waals surface area contributed by atoms with Crippen molar-refractivity contribution in [1.82, 2.24) is 15.1 Å². The lowest BCUT2D eigenvalue weighted by Crippen LogP contribution is -2.58. The van der Waals surface area contributed by atoms with Crippen molar-refractivity contribution in [1.29, 1.82) is 0 Å². The zero-order valence-electron chi connectivity index (χ0n) is 17.5. The number of unbranched alkanes of at least 4 members (excludes halogenated alkanes) is 1. The fraction of sp³-hybridized carbons (Fsp3) is 0.292. The van der Waals surface area contributed by atoms with E-state index in [4.69, 9.17) is 0 Å². The summed E-state index contributed by atoms with van der Waals surface area (Å²) in [7, 11) is 0. The van der Waals surface area contributed by atoms with Crippen LogP contribution in [-0.4, -0.2) is 46.0 Å². The number of H-pyrrole nitrogens is 2. The topological polar surface area (TPSA) is 89.3 Å². The predicted molar refractivity (Wildman–Crippen MR) is 120 cm³/mol. The fourth-order valence-corrected chi connectivity index (χ4v) is 4.03. The summed E-state index contributed by atoms with van der Waals surface area (Å²) in [5, 5.41) is 5.00. The van der Waals surface area contributed by atoms with Gasteiger partial charge in [0.1, 0.15) is 12.2 Å². The zero-order chi connectivity index (χ0) is 21.8. The number of anilines is 1. The van der Waals surface area contributed by atoms with Crippen LogP contribution in [0.1, 0.15) is 36.7 Å². The fourth-order valence-electron chi connectivity index (χ4n) is 4.03. The number of nitrogens with one attached hydrogen (secondary N) is 2. The van der Waals surface area contributed by atoms with Gasteiger partial charge in [-0.1, -0.05) is 62.2 Å². The van der Waals surface area contributed by atoms with Gasteiger partial charge in [-0.05, 0) is 29.7 Å². The number of aromatic nitrogens is 2. The molecule has 7 nitrogen and oxygen atoms in total. The molecule has 1 saturated heterocycles. The lowest BCUT2D eigenvalue weighted by atomic mass is 10.0. The average Bonchev–Trinajstić information content (AvgIpc) is 3.24. The molecule has 160 valence electrons. The number of piperazine rings is 1. The first-order chi connectivity index (χ1) is 15.1. The highest BCUT2D eigenvalue weighted by Gasteiger charge is 2.36. The van der Waals surface area contributed by atoms with Gasteiger partial charge >= 0.3 is 0 Å². The van der Waals surface area contributed by atoms with Gasteiger partial charge in [-0.25, -0.2) is 0 Å². The molecule has 2 N–H and O–H groups in total. The summed E-state index contributed by atoms with van der Waals surface area (Å²) in [4.78, 5) is 40.9. The summed E-state index contributed by atoms with van der Waals surface area (Å²) < 4.78 is 0. The molecule has 31 heavy (non-hydrogen) atoms. The third-order valence-electron chi connectivity index (χ3n) is 5.68. The van der Waals surface area contributed by atoms with Crippen LogP contribution in [0, 0.1) is 0 Å². The second kappa shape index (κ2) is 9.04. The predicted octanol–water partition coefficient (Wildman–Crippen LogP) is 3.42. The number of carbonyl (C=O) groups excluding carboxylic acids is 2. The number of hydrogen-bond donors (Lipinski definition) is 2. The van der Waals surface area contributed by atoms with E-state index in [1.165, 1.54) is 6.07 Å². The molecule has 1 fully saturated rings. The molecule has 2 aromatic carbocycles. The third kappa shape index (κ3) is 4.45. The Hall–Kier alpha value is -3.61. The number of benzene rings is 2. The van der Waals surface area contributed by atoms with Crippen LogP contribution in [0.4, 0.5) is 5.69 Å². The highest BCUT2D eigenvalue weighted by atomic mass is 16.2. The molecule has 1 atom stereocenters. The van der Waals surface area contributed by atoms with Crippen LogP contribution in [0.15, 0.2) is 65.5 Å². The molecule has 0 aliphatic carbocycles. The summed E-state index contributed by atoms with van der Waals surface area (Å²) >= 11 is 0. The van der Waals surface area contributed by atoms with Crippen LogP contribution in [0.25, 0.3) is 11.1 Å². The summed E-state index contributed by atoms with van der Waals surface area (Å²) in [5.74, 6) is -0.463. The van der Waals surface area contributed by atoms with Crippen molar-refractivity contribution in [2.45, 2.75) is 32.2 Å². The van der Waals surface area contributed by atoms with Crippen molar-refractivity contribution < 1.29 is 9.59 Å². The van der Waals surface area contributed by atoms with Crippen LogP contribution < -0.4 is 10.5 Å². The largest absolute Gasteiger partial charge is 0.323 e. The summed E-state index contributed by atoms with van der Waals surface area (Å²) in [5.41, 5.74) is 2.77. The first-order valence-corrected chi connectivity index (χ1v) is 10.6. The number of aromatic amines is 2. The molecule has 7 heteroatoms. The number of hydrogen-bond acceptors (Lipinski definition) is 3. The molecule has 1 aromatic heterocycles. The first kappa shape index (κ1) is 20.7. The molecular formula is C24H26N4O3. The van der Waals surface area contributed by atoms with Gasteiger partial charge in [0.05, 0.1) is 6.04 Å². The van der Waals surface area contributed by atoms with Crippen LogP contribution in [0.2, 0.25) is 0 Å². The van der Waals surface area contributed by atoms with Crippen molar-refractivity contribution >= 4 is 17.5 Å². The number of amides is 2. The van der Waals surface area contributed by atoms with Crippen molar-refractivity contribution in [2.24, 2.45) is 0 Å². The molecule has 0 radical (unpaired) electrons. The van der Waals surface area contributed by atoms with Crippen LogP contribution in [0.5, 0.6) is 0 Å². The van der Waals surface area contributed by atoms with Gasteiger partial charge in [0.15, 0.2) is 0 Å². The van der Waals surface area contributed by atoms with E-state index < -0.39 is 0 Å². The Balaban J connectivity index is 1.60.